The Bertz CT molecular complexity index is 304. The number of imide groups is 1. The summed E-state index contributed by atoms with van der Waals surface area (Å²) in [4.78, 5) is 35.7. The van der Waals surface area contributed by atoms with E-state index in [1.54, 1.807) is 0 Å². The second kappa shape index (κ2) is 5.60. The Kier molecular flexibility index (Phi) is 4.42. The molecule has 0 aromatic carbocycles. The van der Waals surface area contributed by atoms with Crippen molar-refractivity contribution >= 4 is 17.7 Å². The van der Waals surface area contributed by atoms with Crippen LogP contribution in [0.3, 0.4) is 0 Å². The summed E-state index contributed by atoms with van der Waals surface area (Å²) in [6, 6.07) is -0.524. The van der Waals surface area contributed by atoms with Gasteiger partial charge in [0.15, 0.2) is 0 Å². The molecule has 0 aliphatic carbocycles. The molecule has 0 bridgehead atoms. The van der Waals surface area contributed by atoms with Crippen molar-refractivity contribution in [3.05, 3.63) is 0 Å². The Labute approximate surface area is 94.4 Å². The number of hydrogen-bond donors (Lipinski definition) is 2. The molecule has 1 unspecified atom stereocenters. The fourth-order valence-corrected chi connectivity index (χ4v) is 1.67. The van der Waals surface area contributed by atoms with Crippen molar-refractivity contribution in [2.45, 2.75) is 26.3 Å². The molecule has 0 aromatic heterocycles. The van der Waals surface area contributed by atoms with Crippen LogP contribution in [0.25, 0.3) is 0 Å². The smallest absolute Gasteiger partial charge is 0.249 e. The average molecular weight is 227 g/mol. The number of carbonyl (C=O) groups excluding carboxylic acids is 3. The van der Waals surface area contributed by atoms with Crippen LogP contribution in [0.5, 0.6) is 0 Å². The first kappa shape index (κ1) is 12.6. The molecule has 1 rings (SSSR count). The summed E-state index contributed by atoms with van der Waals surface area (Å²) in [5.74, 6) is -1.01. The number of nitrogens with one attached hydrogen (secondary N) is 2. The minimum absolute atomic E-state index is 0.0333. The van der Waals surface area contributed by atoms with Crippen LogP contribution in [0.15, 0.2) is 0 Å². The first-order chi connectivity index (χ1) is 7.60. The first-order valence-electron chi connectivity index (χ1n) is 5.44. The number of rotatable bonds is 4. The normalized spacial score (nSPS) is 20.9. The lowest BCUT2D eigenvalue weighted by Gasteiger charge is -2.33. The van der Waals surface area contributed by atoms with Gasteiger partial charge in [0.05, 0.1) is 6.54 Å². The van der Waals surface area contributed by atoms with Gasteiger partial charge in [-0.3, -0.25) is 19.7 Å². The van der Waals surface area contributed by atoms with Gasteiger partial charge in [0.25, 0.3) is 0 Å². The number of hydrogen-bond acceptors (Lipinski definition) is 4. The van der Waals surface area contributed by atoms with E-state index in [1.165, 1.54) is 4.90 Å². The van der Waals surface area contributed by atoms with E-state index in [0.717, 1.165) is 0 Å². The van der Waals surface area contributed by atoms with Gasteiger partial charge in [0.2, 0.25) is 17.7 Å². The molecule has 0 spiro atoms. The summed E-state index contributed by atoms with van der Waals surface area (Å²) in [5, 5.41) is 5.11. The molecular formula is C10H17N3O3. The highest BCUT2D eigenvalue weighted by atomic mass is 16.2. The molecule has 1 aliphatic heterocycles. The number of likely N-dealkylation sites (N-methyl/N-ethyl adjacent to an activating group) is 1. The molecule has 1 atom stereocenters. The minimum atomic E-state index is -0.524. The highest BCUT2D eigenvalue weighted by molar-refractivity contribution is 6.04. The largest absolute Gasteiger partial charge is 0.320 e. The average Bonchev–Trinajstić information content (AvgIpc) is 2.24. The zero-order valence-electron chi connectivity index (χ0n) is 9.58. The Balaban J connectivity index is 2.70. The molecule has 1 saturated heterocycles. The summed E-state index contributed by atoms with van der Waals surface area (Å²) >= 11 is 0. The molecule has 0 radical (unpaired) electrons. The van der Waals surface area contributed by atoms with Crippen molar-refractivity contribution in [3.8, 4) is 0 Å². The molecule has 2 N–H and O–H groups in total. The Morgan fingerprint density at radius 3 is 2.75 bits per heavy atom. The fraction of sp³-hybridized carbons (Fsp3) is 0.700. The number of nitrogens with zero attached hydrogens (tertiary/aromatic N) is 1. The van der Waals surface area contributed by atoms with Gasteiger partial charge >= 0.3 is 0 Å². The van der Waals surface area contributed by atoms with Crippen LogP contribution in [-0.4, -0.2) is 48.3 Å². The summed E-state index contributed by atoms with van der Waals surface area (Å²) in [6.45, 7) is 4.50. The molecular weight excluding hydrogens is 210 g/mol. The maximum absolute atomic E-state index is 11.7. The monoisotopic (exact) mass is 227 g/mol. The van der Waals surface area contributed by atoms with Gasteiger partial charge in [-0.05, 0) is 13.0 Å². The molecule has 16 heavy (non-hydrogen) atoms. The van der Waals surface area contributed by atoms with Crippen LogP contribution in [-0.2, 0) is 14.4 Å². The lowest BCUT2D eigenvalue weighted by Crippen LogP contribution is -2.60. The van der Waals surface area contributed by atoms with Crippen LogP contribution in [0.2, 0.25) is 0 Å². The van der Waals surface area contributed by atoms with E-state index in [9.17, 15) is 14.4 Å². The molecule has 1 aliphatic rings. The van der Waals surface area contributed by atoms with Gasteiger partial charge in [0, 0.05) is 0 Å². The lowest BCUT2D eigenvalue weighted by molar-refractivity contribution is -0.149. The quantitative estimate of drug-likeness (QED) is 0.595. The minimum Gasteiger partial charge on any atom is -0.320 e. The summed E-state index contributed by atoms with van der Waals surface area (Å²) in [5.41, 5.74) is 0. The zero-order valence-corrected chi connectivity index (χ0v) is 9.58. The van der Waals surface area contributed by atoms with E-state index in [0.29, 0.717) is 13.0 Å². The number of piperazine rings is 1. The van der Waals surface area contributed by atoms with Gasteiger partial charge < -0.3 is 10.2 Å². The second-order valence-corrected chi connectivity index (χ2v) is 3.64. The molecule has 0 saturated carbocycles. The van der Waals surface area contributed by atoms with Crippen molar-refractivity contribution in [1.29, 1.82) is 0 Å². The Morgan fingerprint density at radius 2 is 2.19 bits per heavy atom. The molecule has 3 amide bonds. The van der Waals surface area contributed by atoms with Crippen LogP contribution >= 0.6 is 0 Å². The Morgan fingerprint density at radius 1 is 1.50 bits per heavy atom. The van der Waals surface area contributed by atoms with Crippen LogP contribution < -0.4 is 10.6 Å². The number of amides is 3. The van der Waals surface area contributed by atoms with Gasteiger partial charge in [-0.15, -0.1) is 0 Å². The van der Waals surface area contributed by atoms with Gasteiger partial charge in [-0.2, -0.15) is 0 Å². The second-order valence-electron chi connectivity index (χ2n) is 3.64. The highest BCUT2D eigenvalue weighted by Crippen LogP contribution is 2.08. The van der Waals surface area contributed by atoms with Gasteiger partial charge in [-0.25, -0.2) is 0 Å². The summed E-state index contributed by atoms with van der Waals surface area (Å²) < 4.78 is 0. The maximum Gasteiger partial charge on any atom is 0.249 e. The standard InChI is InChI=1S/C10H17N3O3/c1-3-7-10(16)12-8(14)6-13(7)9(15)5-11-4-2/h7,11H,3-6H2,1-2H3,(H,12,14,16). The van der Waals surface area contributed by atoms with Crippen molar-refractivity contribution in [2.24, 2.45) is 0 Å². The van der Waals surface area contributed by atoms with E-state index in [2.05, 4.69) is 10.6 Å². The first-order valence-corrected chi connectivity index (χ1v) is 5.44. The Hall–Kier alpha value is -1.43. The van der Waals surface area contributed by atoms with E-state index >= 15 is 0 Å². The third-order valence-corrected chi connectivity index (χ3v) is 2.49. The topological polar surface area (TPSA) is 78.5 Å². The fourth-order valence-electron chi connectivity index (χ4n) is 1.67. The molecule has 6 nitrogen and oxygen atoms in total. The van der Waals surface area contributed by atoms with Crippen LogP contribution in [0.4, 0.5) is 0 Å². The maximum atomic E-state index is 11.7. The van der Waals surface area contributed by atoms with E-state index < -0.39 is 11.9 Å². The number of carbonyl (C=O) groups is 3. The molecule has 90 valence electrons. The van der Waals surface area contributed by atoms with E-state index in [-0.39, 0.29) is 24.9 Å². The SMILES string of the molecule is CCNCC(=O)N1CC(=O)NC(=O)C1CC. The van der Waals surface area contributed by atoms with Crippen LogP contribution in [0, 0.1) is 0 Å². The lowest BCUT2D eigenvalue weighted by atomic mass is 10.1. The molecule has 0 aromatic rings. The molecule has 1 fully saturated rings. The van der Waals surface area contributed by atoms with E-state index in [1.807, 2.05) is 13.8 Å². The van der Waals surface area contributed by atoms with Crippen molar-refractivity contribution in [1.82, 2.24) is 15.5 Å². The van der Waals surface area contributed by atoms with Crippen molar-refractivity contribution in [3.63, 3.8) is 0 Å². The highest BCUT2D eigenvalue weighted by Gasteiger charge is 2.34. The van der Waals surface area contributed by atoms with E-state index in [4.69, 9.17) is 0 Å². The van der Waals surface area contributed by atoms with Crippen molar-refractivity contribution in [2.75, 3.05) is 19.6 Å². The summed E-state index contributed by atoms with van der Waals surface area (Å²) in [6.07, 6.45) is 0.511. The zero-order chi connectivity index (χ0) is 12.1. The third-order valence-electron chi connectivity index (χ3n) is 2.49. The predicted octanol–water partition coefficient (Wildman–Crippen LogP) is -1.14. The molecule has 1 heterocycles. The van der Waals surface area contributed by atoms with Crippen LogP contribution in [0.1, 0.15) is 20.3 Å². The van der Waals surface area contributed by atoms with Gasteiger partial charge in [-0.1, -0.05) is 13.8 Å². The third kappa shape index (κ3) is 2.79. The van der Waals surface area contributed by atoms with Crippen molar-refractivity contribution < 1.29 is 14.4 Å². The van der Waals surface area contributed by atoms with Gasteiger partial charge in [0.1, 0.15) is 12.6 Å². The summed E-state index contributed by atoms with van der Waals surface area (Å²) in [7, 11) is 0. The predicted molar refractivity (Wildman–Crippen MR) is 57.5 cm³/mol. The molecule has 6 heteroatoms.